The molecule has 0 amide bonds. The van der Waals surface area contributed by atoms with Crippen LogP contribution >= 0.6 is 11.3 Å². The van der Waals surface area contributed by atoms with Crippen LogP contribution in [-0.4, -0.2) is 47.1 Å². The predicted octanol–water partition coefficient (Wildman–Crippen LogP) is 2.30. The molecule has 33 heavy (non-hydrogen) atoms. The van der Waals surface area contributed by atoms with Crippen molar-refractivity contribution in [1.82, 2.24) is 9.47 Å². The van der Waals surface area contributed by atoms with E-state index in [1.807, 2.05) is 32.9 Å². The second-order valence-corrected chi connectivity index (χ2v) is 10.1. The minimum absolute atomic E-state index is 0.127. The average molecular weight is 466 g/mol. The van der Waals surface area contributed by atoms with Gasteiger partial charge in [-0.3, -0.25) is 9.36 Å². The third-order valence-electron chi connectivity index (χ3n) is 5.97. The molecule has 2 aliphatic heterocycles. The SMILES string of the molecule is CCn1c(=C(C#N)C2=NC(C)(C)CO2)sc(=CNc2ccc(CCN3CCCC3)cc2)c1=O. The van der Waals surface area contributed by atoms with E-state index in [2.05, 4.69) is 33.4 Å². The summed E-state index contributed by atoms with van der Waals surface area (Å²) in [6, 6.07) is 10.5. The third kappa shape index (κ3) is 5.37. The Morgan fingerprint density at radius 1 is 1.30 bits per heavy atom. The maximum atomic E-state index is 13.0. The highest BCUT2D eigenvalue weighted by Crippen LogP contribution is 2.20. The van der Waals surface area contributed by atoms with E-state index in [-0.39, 0.29) is 11.1 Å². The molecule has 0 atom stereocenters. The first-order valence-electron chi connectivity index (χ1n) is 11.6. The van der Waals surface area contributed by atoms with Crippen molar-refractivity contribution in [2.75, 3.05) is 31.6 Å². The highest BCUT2D eigenvalue weighted by molar-refractivity contribution is 7.07. The lowest BCUT2D eigenvalue weighted by molar-refractivity contribution is 0.281. The summed E-state index contributed by atoms with van der Waals surface area (Å²) < 4.78 is 8.39. The Morgan fingerprint density at radius 3 is 2.64 bits per heavy atom. The van der Waals surface area contributed by atoms with E-state index in [4.69, 9.17) is 4.74 Å². The van der Waals surface area contributed by atoms with Crippen LogP contribution < -0.4 is 20.1 Å². The molecule has 0 aliphatic carbocycles. The average Bonchev–Trinajstić information content (AvgIpc) is 3.52. The summed E-state index contributed by atoms with van der Waals surface area (Å²) in [6.45, 7) is 10.2. The zero-order valence-corrected chi connectivity index (χ0v) is 20.4. The Morgan fingerprint density at radius 2 is 2.03 bits per heavy atom. The lowest BCUT2D eigenvalue weighted by atomic mass is 10.1. The molecule has 0 unspecified atom stereocenters. The van der Waals surface area contributed by atoms with Gasteiger partial charge in [0, 0.05) is 25.0 Å². The third-order valence-corrected chi connectivity index (χ3v) is 7.10. The Hall–Kier alpha value is -2.89. The van der Waals surface area contributed by atoms with Crippen molar-refractivity contribution < 1.29 is 4.74 Å². The molecule has 0 radical (unpaired) electrons. The summed E-state index contributed by atoms with van der Waals surface area (Å²) in [4.78, 5) is 20.0. The van der Waals surface area contributed by atoms with Crippen LogP contribution in [-0.2, 0) is 17.7 Å². The van der Waals surface area contributed by atoms with Crippen LogP contribution in [0.4, 0.5) is 5.69 Å². The highest BCUT2D eigenvalue weighted by atomic mass is 32.1. The summed E-state index contributed by atoms with van der Waals surface area (Å²) in [5, 5.41) is 13.0. The first-order valence-corrected chi connectivity index (χ1v) is 12.4. The molecular formula is C25H31N5O2S. The molecule has 1 N–H and O–H groups in total. The number of benzene rings is 1. The van der Waals surface area contributed by atoms with E-state index in [9.17, 15) is 10.1 Å². The highest BCUT2D eigenvalue weighted by Gasteiger charge is 2.29. The first-order chi connectivity index (χ1) is 15.9. The monoisotopic (exact) mass is 465 g/mol. The van der Waals surface area contributed by atoms with Gasteiger partial charge in [0.05, 0.1) is 5.54 Å². The molecule has 2 aromatic rings. The minimum Gasteiger partial charge on any atom is -0.474 e. The molecular weight excluding hydrogens is 434 g/mol. The van der Waals surface area contributed by atoms with E-state index in [0.717, 1.165) is 18.7 Å². The van der Waals surface area contributed by atoms with E-state index in [1.54, 1.807) is 10.8 Å². The lowest BCUT2D eigenvalue weighted by Gasteiger charge is -2.14. The number of anilines is 1. The summed E-state index contributed by atoms with van der Waals surface area (Å²) in [5.41, 5.74) is 2.05. The molecule has 8 heteroatoms. The van der Waals surface area contributed by atoms with Gasteiger partial charge in [-0.25, -0.2) is 4.99 Å². The van der Waals surface area contributed by atoms with Crippen molar-refractivity contribution in [1.29, 1.82) is 5.26 Å². The normalized spacial score (nSPS) is 19.2. The van der Waals surface area contributed by atoms with Crippen molar-refractivity contribution in [2.24, 2.45) is 4.99 Å². The van der Waals surface area contributed by atoms with Gasteiger partial charge < -0.3 is 15.0 Å². The Balaban J connectivity index is 1.56. The number of nitriles is 1. The summed E-state index contributed by atoms with van der Waals surface area (Å²) >= 11 is 1.28. The Kier molecular flexibility index (Phi) is 7.01. The van der Waals surface area contributed by atoms with Crippen LogP contribution in [0.1, 0.15) is 39.2 Å². The van der Waals surface area contributed by atoms with Gasteiger partial charge in [-0.15, -0.1) is 11.3 Å². The van der Waals surface area contributed by atoms with E-state index in [0.29, 0.717) is 33.8 Å². The van der Waals surface area contributed by atoms with Crippen molar-refractivity contribution in [3.05, 3.63) is 49.4 Å². The van der Waals surface area contributed by atoms with Gasteiger partial charge in [0.25, 0.3) is 5.56 Å². The number of thiazole rings is 1. The summed E-state index contributed by atoms with van der Waals surface area (Å²) in [6.07, 6.45) is 5.40. The number of hydrogen-bond acceptors (Lipinski definition) is 7. The maximum absolute atomic E-state index is 13.0. The van der Waals surface area contributed by atoms with Crippen molar-refractivity contribution >= 4 is 34.7 Å². The van der Waals surface area contributed by atoms with Gasteiger partial charge in [0.15, 0.2) is 0 Å². The fourth-order valence-electron chi connectivity index (χ4n) is 4.10. The van der Waals surface area contributed by atoms with E-state index in [1.165, 1.54) is 42.8 Å². The Bertz CT molecular complexity index is 1240. The summed E-state index contributed by atoms with van der Waals surface area (Å²) in [7, 11) is 0. The van der Waals surface area contributed by atoms with E-state index < -0.39 is 0 Å². The summed E-state index contributed by atoms with van der Waals surface area (Å²) in [5.74, 6) is 0.315. The van der Waals surface area contributed by atoms with Crippen LogP contribution in [0.5, 0.6) is 0 Å². The fraction of sp³-hybridized carbons (Fsp3) is 0.480. The molecule has 0 bridgehead atoms. The second-order valence-electron chi connectivity index (χ2n) is 9.11. The number of nitrogens with one attached hydrogen (secondary N) is 1. The van der Waals surface area contributed by atoms with Gasteiger partial charge >= 0.3 is 0 Å². The number of rotatable bonds is 7. The van der Waals surface area contributed by atoms with Crippen molar-refractivity contribution in [2.45, 2.75) is 52.1 Å². The lowest BCUT2D eigenvalue weighted by Crippen LogP contribution is -2.32. The predicted molar refractivity (Wildman–Crippen MR) is 134 cm³/mol. The van der Waals surface area contributed by atoms with Gasteiger partial charge in [0.2, 0.25) is 5.90 Å². The topological polar surface area (TPSA) is 82.7 Å². The number of aliphatic imine (C=N–C) groups is 1. The zero-order valence-electron chi connectivity index (χ0n) is 19.6. The maximum Gasteiger partial charge on any atom is 0.270 e. The number of nitrogens with zero attached hydrogens (tertiary/aromatic N) is 4. The van der Waals surface area contributed by atoms with Crippen molar-refractivity contribution in [3.8, 4) is 6.07 Å². The second kappa shape index (κ2) is 9.94. The molecule has 1 fully saturated rings. The molecule has 2 aliphatic rings. The first kappa shape index (κ1) is 23.3. The molecule has 1 saturated heterocycles. The molecule has 1 aromatic heterocycles. The van der Waals surface area contributed by atoms with Crippen LogP contribution in [0.15, 0.2) is 34.1 Å². The van der Waals surface area contributed by atoms with Gasteiger partial charge in [0.1, 0.15) is 27.4 Å². The van der Waals surface area contributed by atoms with Crippen LogP contribution in [0.2, 0.25) is 0 Å². The van der Waals surface area contributed by atoms with Gasteiger partial charge in [-0.2, -0.15) is 5.26 Å². The van der Waals surface area contributed by atoms with Crippen LogP contribution in [0.3, 0.4) is 0 Å². The molecule has 0 spiro atoms. The Labute approximate surface area is 198 Å². The largest absolute Gasteiger partial charge is 0.474 e. The quantitative estimate of drug-likeness (QED) is 0.679. The van der Waals surface area contributed by atoms with Crippen LogP contribution in [0, 0.1) is 11.3 Å². The molecule has 1 aromatic carbocycles. The molecule has 7 nitrogen and oxygen atoms in total. The molecule has 3 heterocycles. The number of likely N-dealkylation sites (tertiary alicyclic amines) is 1. The molecule has 174 valence electrons. The molecule has 4 rings (SSSR count). The molecule has 0 saturated carbocycles. The van der Waals surface area contributed by atoms with Crippen molar-refractivity contribution in [3.63, 3.8) is 0 Å². The number of ether oxygens (including phenoxy) is 1. The number of hydrogen-bond donors (Lipinski definition) is 1. The van der Waals surface area contributed by atoms with E-state index >= 15 is 0 Å². The standard InChI is InChI=1S/C25H31N5O2S/c1-4-30-23(31)21(33-24(30)20(15-26)22-28-25(2,3)17-32-22)16-27-19-9-7-18(8-10-19)11-14-29-12-5-6-13-29/h7-10,16,27H,4-6,11-14,17H2,1-3H3. The van der Waals surface area contributed by atoms with Crippen LogP contribution in [0.25, 0.3) is 11.8 Å². The van der Waals surface area contributed by atoms with Gasteiger partial charge in [-0.1, -0.05) is 12.1 Å². The zero-order chi connectivity index (χ0) is 23.4. The fourth-order valence-corrected chi connectivity index (χ4v) is 5.18. The minimum atomic E-state index is -0.372. The number of aromatic nitrogens is 1. The smallest absolute Gasteiger partial charge is 0.270 e. The van der Waals surface area contributed by atoms with Gasteiger partial charge in [-0.05, 0) is 70.8 Å².